The van der Waals surface area contributed by atoms with E-state index in [0.717, 1.165) is 11.4 Å². The lowest BCUT2D eigenvalue weighted by atomic mass is 10.0. The van der Waals surface area contributed by atoms with E-state index in [-0.39, 0.29) is 5.92 Å². The largest absolute Gasteiger partial charge is 0.281 e. The van der Waals surface area contributed by atoms with Crippen LogP contribution in [0.2, 0.25) is 0 Å². The summed E-state index contributed by atoms with van der Waals surface area (Å²) in [5.41, 5.74) is 0.897. The lowest BCUT2D eigenvalue weighted by Gasteiger charge is -2.38. The van der Waals surface area contributed by atoms with Crippen molar-refractivity contribution < 1.29 is 8.42 Å². The Morgan fingerprint density at radius 1 is 1.23 bits per heavy atom. The van der Waals surface area contributed by atoms with Gasteiger partial charge in [0.1, 0.15) is 5.82 Å². The molecule has 0 saturated carbocycles. The van der Waals surface area contributed by atoms with Gasteiger partial charge >= 0.3 is 0 Å². The van der Waals surface area contributed by atoms with Crippen LogP contribution in [-0.4, -0.2) is 64.0 Å². The molecule has 2 aromatic heterocycles. The number of rotatable bonds is 4. The van der Waals surface area contributed by atoms with E-state index in [0.29, 0.717) is 18.9 Å². The molecule has 1 aliphatic rings. The summed E-state index contributed by atoms with van der Waals surface area (Å²) >= 11 is 0. The summed E-state index contributed by atoms with van der Waals surface area (Å²) in [7, 11) is 1.56. The minimum absolute atomic E-state index is 0.0720. The lowest BCUT2D eigenvalue weighted by molar-refractivity contribution is 0.238. The molecule has 1 saturated heterocycles. The molecule has 0 N–H and O–H groups in total. The quantitative estimate of drug-likeness (QED) is 0.796. The highest BCUT2D eigenvalue weighted by atomic mass is 32.2. The summed E-state index contributed by atoms with van der Waals surface area (Å²) < 4.78 is 28.4. The van der Waals surface area contributed by atoms with Gasteiger partial charge in [0.25, 0.3) is 10.2 Å². The third-order valence-electron chi connectivity index (χ3n) is 3.74. The monoisotopic (exact) mass is 322 g/mol. The van der Waals surface area contributed by atoms with E-state index in [4.69, 9.17) is 0 Å². The van der Waals surface area contributed by atoms with Gasteiger partial charge in [-0.25, -0.2) is 4.98 Å². The Bertz CT molecular complexity index is 765. The molecule has 8 nitrogen and oxygen atoms in total. The standard InChI is InChI=1S/C13H18N6O2S/c1-17(2)22(20,21)19-8-11(9-19)13-15-12(16-18(13)3)10-4-6-14-7-5-10/h4-7,11H,8-9H2,1-3H3. The fraction of sp³-hybridized carbons (Fsp3) is 0.462. The molecular formula is C13H18N6O2S. The Balaban J connectivity index is 1.77. The molecule has 0 bridgehead atoms. The molecular weight excluding hydrogens is 304 g/mol. The minimum Gasteiger partial charge on any atom is -0.265 e. The molecule has 0 atom stereocenters. The van der Waals surface area contributed by atoms with E-state index >= 15 is 0 Å². The average Bonchev–Trinajstić information content (AvgIpc) is 2.80. The number of aryl methyl sites for hydroxylation is 1. The van der Waals surface area contributed by atoms with Crippen LogP contribution >= 0.6 is 0 Å². The summed E-state index contributed by atoms with van der Waals surface area (Å²) in [6.07, 6.45) is 3.39. The maximum Gasteiger partial charge on any atom is 0.281 e. The molecule has 9 heteroatoms. The van der Waals surface area contributed by atoms with Crippen molar-refractivity contribution in [3.63, 3.8) is 0 Å². The molecule has 0 radical (unpaired) electrons. The number of nitrogens with zero attached hydrogens (tertiary/aromatic N) is 6. The Hall–Kier alpha value is -1.84. The van der Waals surface area contributed by atoms with Gasteiger partial charge < -0.3 is 0 Å². The van der Waals surface area contributed by atoms with Crippen molar-refractivity contribution in [1.82, 2.24) is 28.4 Å². The van der Waals surface area contributed by atoms with Crippen molar-refractivity contribution in [3.8, 4) is 11.4 Å². The van der Waals surface area contributed by atoms with Crippen LogP contribution in [0.1, 0.15) is 11.7 Å². The number of hydrogen-bond acceptors (Lipinski definition) is 5. The molecule has 118 valence electrons. The molecule has 0 amide bonds. The molecule has 0 unspecified atom stereocenters. The van der Waals surface area contributed by atoms with Crippen molar-refractivity contribution in [2.75, 3.05) is 27.2 Å². The van der Waals surface area contributed by atoms with E-state index < -0.39 is 10.2 Å². The first-order valence-corrected chi connectivity index (χ1v) is 8.28. The van der Waals surface area contributed by atoms with E-state index in [1.54, 1.807) is 17.1 Å². The Morgan fingerprint density at radius 2 is 1.86 bits per heavy atom. The van der Waals surface area contributed by atoms with Crippen LogP contribution in [0.25, 0.3) is 11.4 Å². The Labute approximate surface area is 129 Å². The first-order valence-electron chi connectivity index (χ1n) is 6.88. The average molecular weight is 322 g/mol. The maximum absolute atomic E-state index is 12.0. The van der Waals surface area contributed by atoms with Crippen LogP contribution in [0.4, 0.5) is 0 Å². The fourth-order valence-electron chi connectivity index (χ4n) is 2.40. The Morgan fingerprint density at radius 3 is 2.45 bits per heavy atom. The zero-order valence-electron chi connectivity index (χ0n) is 12.7. The first kappa shape index (κ1) is 15.1. The van der Waals surface area contributed by atoms with Crippen LogP contribution in [0.5, 0.6) is 0 Å². The van der Waals surface area contributed by atoms with Gasteiger partial charge in [0.15, 0.2) is 5.82 Å². The normalized spacial score (nSPS) is 16.9. The molecule has 22 heavy (non-hydrogen) atoms. The van der Waals surface area contributed by atoms with Crippen molar-refractivity contribution in [2.45, 2.75) is 5.92 Å². The van der Waals surface area contributed by atoms with E-state index in [9.17, 15) is 8.42 Å². The first-order chi connectivity index (χ1) is 10.4. The highest BCUT2D eigenvalue weighted by Crippen LogP contribution is 2.29. The van der Waals surface area contributed by atoms with Crippen LogP contribution in [0.15, 0.2) is 24.5 Å². The third kappa shape index (κ3) is 2.51. The van der Waals surface area contributed by atoms with Crippen molar-refractivity contribution in [3.05, 3.63) is 30.4 Å². The summed E-state index contributed by atoms with van der Waals surface area (Å²) in [5, 5.41) is 4.41. The molecule has 3 rings (SSSR count). The van der Waals surface area contributed by atoms with Crippen molar-refractivity contribution in [2.24, 2.45) is 7.05 Å². The number of aromatic nitrogens is 4. The van der Waals surface area contributed by atoms with E-state index in [1.807, 2.05) is 19.2 Å². The van der Waals surface area contributed by atoms with Crippen LogP contribution in [0, 0.1) is 0 Å². The molecule has 0 aromatic carbocycles. The van der Waals surface area contributed by atoms with Gasteiger partial charge in [0.05, 0.1) is 0 Å². The SMILES string of the molecule is CN(C)S(=O)(=O)N1CC(c2nc(-c3ccncc3)nn2C)C1. The van der Waals surface area contributed by atoms with Crippen molar-refractivity contribution in [1.29, 1.82) is 0 Å². The molecule has 2 aromatic rings. The topological polar surface area (TPSA) is 84.2 Å². The molecule has 1 fully saturated rings. The molecule has 3 heterocycles. The van der Waals surface area contributed by atoms with Gasteiger partial charge in [0.2, 0.25) is 0 Å². The third-order valence-corrected chi connectivity index (χ3v) is 5.61. The molecule has 0 aliphatic carbocycles. The summed E-state index contributed by atoms with van der Waals surface area (Å²) in [6.45, 7) is 0.867. The maximum atomic E-state index is 12.0. The van der Waals surface area contributed by atoms with Gasteiger partial charge in [-0.15, -0.1) is 0 Å². The van der Waals surface area contributed by atoms with Gasteiger partial charge in [-0.05, 0) is 12.1 Å². The zero-order valence-corrected chi connectivity index (χ0v) is 13.5. The van der Waals surface area contributed by atoms with Gasteiger partial charge in [-0.2, -0.15) is 22.1 Å². The van der Waals surface area contributed by atoms with Crippen molar-refractivity contribution >= 4 is 10.2 Å². The fourth-order valence-corrected chi connectivity index (χ4v) is 3.59. The van der Waals surface area contributed by atoms with Gasteiger partial charge in [-0.3, -0.25) is 9.67 Å². The summed E-state index contributed by atoms with van der Waals surface area (Å²) in [6, 6.07) is 3.70. The number of pyridine rings is 1. The second-order valence-corrected chi connectivity index (χ2v) is 7.60. The van der Waals surface area contributed by atoms with Crippen LogP contribution in [0.3, 0.4) is 0 Å². The highest BCUT2D eigenvalue weighted by Gasteiger charge is 2.40. The second kappa shape index (κ2) is 5.41. The highest BCUT2D eigenvalue weighted by molar-refractivity contribution is 7.86. The molecule has 0 spiro atoms. The summed E-state index contributed by atoms with van der Waals surface area (Å²) in [4.78, 5) is 8.53. The summed E-state index contributed by atoms with van der Waals surface area (Å²) in [5.74, 6) is 1.51. The predicted molar refractivity (Wildman–Crippen MR) is 81.2 cm³/mol. The zero-order chi connectivity index (χ0) is 15.9. The van der Waals surface area contributed by atoms with E-state index in [2.05, 4.69) is 15.1 Å². The molecule has 1 aliphatic heterocycles. The number of hydrogen-bond donors (Lipinski definition) is 0. The second-order valence-electron chi connectivity index (χ2n) is 5.46. The lowest BCUT2D eigenvalue weighted by Crippen LogP contribution is -2.52. The van der Waals surface area contributed by atoms with Gasteiger partial charge in [-0.1, -0.05) is 0 Å². The smallest absolute Gasteiger partial charge is 0.265 e. The van der Waals surface area contributed by atoms with Gasteiger partial charge in [0, 0.05) is 58.1 Å². The van der Waals surface area contributed by atoms with Crippen LogP contribution in [-0.2, 0) is 17.3 Å². The minimum atomic E-state index is -3.34. The van der Waals surface area contributed by atoms with Crippen LogP contribution < -0.4 is 0 Å². The Kier molecular flexibility index (Phi) is 3.71. The predicted octanol–water partition coefficient (Wildman–Crippen LogP) is 0.0827. The van der Waals surface area contributed by atoms with E-state index in [1.165, 1.54) is 22.7 Å².